The Balaban J connectivity index is 1.43. The highest BCUT2D eigenvalue weighted by Crippen LogP contribution is 2.35. The van der Waals surface area contributed by atoms with Crippen molar-refractivity contribution in [3.05, 3.63) is 96.3 Å². The molecule has 3 aromatic carbocycles. The minimum Gasteiger partial charge on any atom is -0.490 e. The molecule has 4 rings (SSSR count). The van der Waals surface area contributed by atoms with Crippen molar-refractivity contribution in [3.63, 3.8) is 0 Å². The van der Waals surface area contributed by atoms with Crippen LogP contribution in [0.15, 0.2) is 70.0 Å². The summed E-state index contributed by atoms with van der Waals surface area (Å²) >= 11 is 10.1. The van der Waals surface area contributed by atoms with Crippen LogP contribution >= 0.6 is 39.3 Å². The minimum atomic E-state index is -0.588. The van der Waals surface area contributed by atoms with Gasteiger partial charge in [-0.2, -0.15) is 0 Å². The molecule has 0 radical (unpaired) electrons. The quantitative estimate of drug-likeness (QED) is 0.147. The van der Waals surface area contributed by atoms with Crippen molar-refractivity contribution in [2.45, 2.75) is 13.5 Å². The third-order valence-corrected chi connectivity index (χ3v) is 7.63. The van der Waals surface area contributed by atoms with Gasteiger partial charge >= 0.3 is 0 Å². The Morgan fingerprint density at radius 3 is 2.52 bits per heavy atom. The Morgan fingerprint density at radius 1 is 1.10 bits per heavy atom. The van der Waals surface area contributed by atoms with Crippen molar-refractivity contribution >= 4 is 73.8 Å². The fraction of sp³-hybridized carbons (Fsp3) is 0.148. The molecule has 0 atom stereocenters. The van der Waals surface area contributed by atoms with Crippen LogP contribution in [-0.2, 0) is 16.2 Å². The molecule has 1 heterocycles. The van der Waals surface area contributed by atoms with Crippen molar-refractivity contribution < 1.29 is 28.8 Å². The summed E-state index contributed by atoms with van der Waals surface area (Å²) in [5.74, 6) is -0.273. The molecule has 40 heavy (non-hydrogen) atoms. The van der Waals surface area contributed by atoms with Crippen molar-refractivity contribution in [3.8, 4) is 11.5 Å². The van der Waals surface area contributed by atoms with Gasteiger partial charge < -0.3 is 14.8 Å². The van der Waals surface area contributed by atoms with Crippen LogP contribution in [0.25, 0.3) is 6.08 Å². The van der Waals surface area contributed by atoms with E-state index in [1.807, 2.05) is 6.92 Å². The molecule has 0 saturated carbocycles. The highest BCUT2D eigenvalue weighted by atomic mass is 79.9. The van der Waals surface area contributed by atoms with Crippen molar-refractivity contribution in [1.29, 1.82) is 0 Å². The molecule has 3 aromatic rings. The first-order valence-electron chi connectivity index (χ1n) is 11.8. The smallest absolute Gasteiger partial charge is 0.294 e. The Labute approximate surface area is 246 Å². The number of ether oxygens (including phenoxy) is 2. The molecular weight excluding hydrogens is 626 g/mol. The maximum atomic E-state index is 12.9. The molecule has 0 aromatic heterocycles. The summed E-state index contributed by atoms with van der Waals surface area (Å²) in [7, 11) is 0. The van der Waals surface area contributed by atoms with E-state index in [0.29, 0.717) is 38.9 Å². The summed E-state index contributed by atoms with van der Waals surface area (Å²) in [6.07, 6.45) is 1.54. The van der Waals surface area contributed by atoms with Crippen LogP contribution < -0.4 is 14.8 Å². The number of rotatable bonds is 10. The predicted molar refractivity (Wildman–Crippen MR) is 155 cm³/mol. The standard InChI is InChI=1S/C27H21BrClN3O7S/c1-2-38-23-11-17(5-10-22(23)39-15-16-3-7-19(8-4-16)32(36)37)12-24-26(34)31(27(35)40-24)14-25(33)30-18-6-9-20(28)21(29)13-18/h3-13H,2,14-15H2,1H3,(H,30,33)/b24-12+. The summed E-state index contributed by atoms with van der Waals surface area (Å²) < 4.78 is 12.2. The fourth-order valence-electron chi connectivity index (χ4n) is 3.58. The number of imide groups is 1. The average Bonchev–Trinajstić information content (AvgIpc) is 3.18. The van der Waals surface area contributed by atoms with E-state index in [2.05, 4.69) is 21.2 Å². The van der Waals surface area contributed by atoms with Gasteiger partial charge in [0.05, 0.1) is 21.5 Å². The fourth-order valence-corrected chi connectivity index (χ4v) is 4.85. The van der Waals surface area contributed by atoms with Crippen LogP contribution in [0.2, 0.25) is 5.02 Å². The summed E-state index contributed by atoms with van der Waals surface area (Å²) in [6, 6.07) is 15.9. The molecule has 1 saturated heterocycles. The summed E-state index contributed by atoms with van der Waals surface area (Å²) in [6.45, 7) is 1.87. The topological polar surface area (TPSA) is 128 Å². The van der Waals surface area contributed by atoms with E-state index in [0.717, 1.165) is 22.2 Å². The lowest BCUT2D eigenvalue weighted by Crippen LogP contribution is -2.36. The summed E-state index contributed by atoms with van der Waals surface area (Å²) in [5, 5.41) is 13.3. The minimum absolute atomic E-state index is 0.0114. The normalized spacial score (nSPS) is 14.0. The second-order valence-corrected chi connectivity index (χ2v) is 10.6. The van der Waals surface area contributed by atoms with Crippen LogP contribution in [0, 0.1) is 10.1 Å². The molecular formula is C27H21BrClN3O7S. The third-order valence-electron chi connectivity index (χ3n) is 5.49. The Kier molecular flexibility index (Phi) is 9.46. The molecule has 1 aliphatic heterocycles. The van der Waals surface area contributed by atoms with Gasteiger partial charge in [0.2, 0.25) is 5.91 Å². The zero-order valence-corrected chi connectivity index (χ0v) is 24.0. The van der Waals surface area contributed by atoms with Crippen molar-refractivity contribution in [2.75, 3.05) is 18.5 Å². The molecule has 206 valence electrons. The third kappa shape index (κ3) is 7.20. The Morgan fingerprint density at radius 2 is 1.85 bits per heavy atom. The number of non-ortho nitro benzene ring substituents is 1. The van der Waals surface area contributed by atoms with Crippen LogP contribution in [0.4, 0.5) is 16.2 Å². The average molecular weight is 647 g/mol. The highest BCUT2D eigenvalue weighted by molar-refractivity contribution is 9.10. The Bertz CT molecular complexity index is 1510. The van der Waals surface area contributed by atoms with E-state index < -0.39 is 28.5 Å². The Hall–Kier alpha value is -3.87. The molecule has 1 fully saturated rings. The number of benzene rings is 3. The zero-order valence-electron chi connectivity index (χ0n) is 20.9. The van der Waals surface area contributed by atoms with E-state index in [-0.39, 0.29) is 17.2 Å². The van der Waals surface area contributed by atoms with E-state index in [1.54, 1.807) is 54.6 Å². The van der Waals surface area contributed by atoms with Crippen LogP contribution in [0.3, 0.4) is 0 Å². The number of nitrogens with zero attached hydrogens (tertiary/aromatic N) is 2. The predicted octanol–water partition coefficient (Wildman–Crippen LogP) is 6.66. The van der Waals surface area contributed by atoms with Gasteiger partial charge in [0.15, 0.2) is 11.5 Å². The SMILES string of the molecule is CCOc1cc(/C=C2/SC(=O)N(CC(=O)Nc3ccc(Br)c(Cl)c3)C2=O)ccc1OCc1ccc([N+](=O)[O-])cc1. The lowest BCUT2D eigenvalue weighted by Gasteiger charge is -2.13. The lowest BCUT2D eigenvalue weighted by molar-refractivity contribution is -0.384. The van der Waals surface area contributed by atoms with Gasteiger partial charge in [-0.05, 0) is 94.3 Å². The molecule has 3 amide bonds. The van der Waals surface area contributed by atoms with Crippen molar-refractivity contribution in [1.82, 2.24) is 4.90 Å². The van der Waals surface area contributed by atoms with E-state index in [1.165, 1.54) is 12.1 Å². The number of halogens is 2. The molecule has 0 aliphatic carbocycles. The maximum Gasteiger partial charge on any atom is 0.294 e. The molecule has 1 N–H and O–H groups in total. The van der Waals surface area contributed by atoms with E-state index in [4.69, 9.17) is 21.1 Å². The number of carbonyl (C=O) groups excluding carboxylic acids is 3. The van der Waals surface area contributed by atoms with E-state index in [9.17, 15) is 24.5 Å². The molecule has 1 aliphatic rings. The van der Waals surface area contributed by atoms with Gasteiger partial charge in [0, 0.05) is 22.3 Å². The first-order valence-corrected chi connectivity index (χ1v) is 13.8. The summed E-state index contributed by atoms with van der Waals surface area (Å²) in [4.78, 5) is 49.3. The molecule has 0 spiro atoms. The molecule has 0 bridgehead atoms. The number of nitrogens with one attached hydrogen (secondary N) is 1. The number of hydrogen-bond acceptors (Lipinski definition) is 8. The van der Waals surface area contributed by atoms with E-state index >= 15 is 0 Å². The first kappa shape index (κ1) is 29.1. The number of nitro groups is 1. The van der Waals surface area contributed by atoms with Gasteiger partial charge in [0.1, 0.15) is 13.2 Å². The van der Waals surface area contributed by atoms with Crippen LogP contribution in [0.1, 0.15) is 18.1 Å². The molecule has 10 nitrogen and oxygen atoms in total. The highest BCUT2D eigenvalue weighted by Gasteiger charge is 2.36. The van der Waals surface area contributed by atoms with Gasteiger partial charge in [-0.15, -0.1) is 0 Å². The first-order chi connectivity index (χ1) is 19.1. The van der Waals surface area contributed by atoms with Crippen molar-refractivity contribution in [2.24, 2.45) is 0 Å². The van der Waals surface area contributed by atoms with Gasteiger partial charge in [-0.1, -0.05) is 17.7 Å². The number of nitro benzene ring substituents is 1. The number of hydrogen-bond donors (Lipinski definition) is 1. The maximum absolute atomic E-state index is 12.9. The monoisotopic (exact) mass is 645 g/mol. The molecule has 13 heteroatoms. The lowest BCUT2D eigenvalue weighted by atomic mass is 10.1. The number of anilines is 1. The largest absolute Gasteiger partial charge is 0.490 e. The number of thioether (sulfide) groups is 1. The number of amides is 3. The summed E-state index contributed by atoms with van der Waals surface area (Å²) in [5.41, 5.74) is 1.74. The van der Waals surface area contributed by atoms with Crippen LogP contribution in [-0.4, -0.2) is 40.0 Å². The van der Waals surface area contributed by atoms with Gasteiger partial charge in [0.25, 0.3) is 16.8 Å². The second kappa shape index (κ2) is 13.0. The second-order valence-electron chi connectivity index (χ2n) is 8.30. The molecule has 0 unspecified atom stereocenters. The zero-order chi connectivity index (χ0) is 28.8. The van der Waals surface area contributed by atoms with Gasteiger partial charge in [-0.25, -0.2) is 0 Å². The number of carbonyl (C=O) groups is 3. The van der Waals surface area contributed by atoms with Crippen LogP contribution in [0.5, 0.6) is 11.5 Å². The van der Waals surface area contributed by atoms with Gasteiger partial charge in [-0.3, -0.25) is 29.4 Å².